The van der Waals surface area contributed by atoms with E-state index in [0.29, 0.717) is 6.54 Å². The molecule has 19 heavy (non-hydrogen) atoms. The lowest BCUT2D eigenvalue weighted by molar-refractivity contribution is -0.133. The van der Waals surface area contributed by atoms with Gasteiger partial charge in [-0.1, -0.05) is 0 Å². The van der Waals surface area contributed by atoms with Crippen LogP contribution in [0.25, 0.3) is 0 Å². The topological polar surface area (TPSA) is 87.8 Å². The fourth-order valence-electron chi connectivity index (χ4n) is 2.03. The summed E-state index contributed by atoms with van der Waals surface area (Å²) >= 11 is 0. The summed E-state index contributed by atoms with van der Waals surface area (Å²) in [5, 5.41) is 18.3. The number of carbonyl (C=O) groups excluding carboxylic acids is 1. The lowest BCUT2D eigenvalue weighted by Gasteiger charge is -2.22. The van der Waals surface area contributed by atoms with Gasteiger partial charge >= 0.3 is 5.97 Å². The van der Waals surface area contributed by atoms with Crippen LogP contribution in [0.2, 0.25) is 0 Å². The first-order valence-corrected chi connectivity index (χ1v) is 6.15. The highest BCUT2D eigenvalue weighted by atomic mass is 16.4. The quantitative estimate of drug-likeness (QED) is 0.870. The summed E-state index contributed by atoms with van der Waals surface area (Å²) in [6.45, 7) is 4.78. The van der Waals surface area contributed by atoms with Crippen LogP contribution in [0, 0.1) is 6.92 Å². The number of nitrogens with zero attached hydrogens (tertiary/aromatic N) is 4. The van der Waals surface area contributed by atoms with Gasteiger partial charge in [0.15, 0.2) is 0 Å². The number of amides is 1. The van der Waals surface area contributed by atoms with Gasteiger partial charge < -0.3 is 5.11 Å². The number of aryl methyl sites for hydroxylation is 2. The van der Waals surface area contributed by atoms with Crippen LogP contribution in [0.15, 0.2) is 11.2 Å². The first kappa shape index (κ1) is 13.3. The number of rotatable bonds is 4. The van der Waals surface area contributed by atoms with Crippen molar-refractivity contribution in [3.63, 3.8) is 0 Å². The molecule has 1 amide bonds. The van der Waals surface area contributed by atoms with Crippen molar-refractivity contribution in [1.82, 2.24) is 14.8 Å². The molecular weight excluding hydrogens is 248 g/mol. The molecule has 1 aliphatic rings. The number of aromatic nitrogens is 2. The number of carboxylic acid groups (broad SMARTS) is 1. The third-order valence-electron chi connectivity index (χ3n) is 2.95. The van der Waals surface area contributed by atoms with Gasteiger partial charge in [0.1, 0.15) is 5.71 Å². The van der Waals surface area contributed by atoms with Crippen LogP contribution in [0.5, 0.6) is 0 Å². The second-order valence-corrected chi connectivity index (χ2v) is 4.40. The third kappa shape index (κ3) is 2.81. The Labute approximate surface area is 110 Å². The van der Waals surface area contributed by atoms with E-state index in [2.05, 4.69) is 10.2 Å². The van der Waals surface area contributed by atoms with Crippen molar-refractivity contribution in [1.29, 1.82) is 0 Å². The molecule has 0 saturated heterocycles. The molecule has 0 aliphatic carbocycles. The lowest BCUT2D eigenvalue weighted by atomic mass is 10.1. The van der Waals surface area contributed by atoms with Crippen molar-refractivity contribution in [2.45, 2.75) is 39.8 Å². The van der Waals surface area contributed by atoms with E-state index in [1.54, 1.807) is 4.68 Å². The summed E-state index contributed by atoms with van der Waals surface area (Å²) in [7, 11) is 0. The van der Waals surface area contributed by atoms with Crippen molar-refractivity contribution in [3.05, 3.63) is 17.5 Å². The molecule has 102 valence electrons. The molecule has 7 nitrogen and oxygen atoms in total. The molecule has 1 aliphatic heterocycles. The van der Waals surface area contributed by atoms with Gasteiger partial charge in [-0.2, -0.15) is 10.2 Å². The standard InChI is InChI=1S/C12H16N4O3/c1-3-15-9(6-8(2)13-15)7-16-11(17)5-4-10(14-16)12(18)19/h6H,3-5,7H2,1-2H3,(H,18,19). The van der Waals surface area contributed by atoms with Gasteiger partial charge in [-0.3, -0.25) is 9.48 Å². The van der Waals surface area contributed by atoms with Crippen molar-refractivity contribution >= 4 is 17.6 Å². The highest BCUT2D eigenvalue weighted by Crippen LogP contribution is 2.14. The van der Waals surface area contributed by atoms with E-state index in [-0.39, 0.29) is 31.0 Å². The number of carboxylic acids is 1. The molecular formula is C12H16N4O3. The molecule has 0 unspecified atom stereocenters. The molecule has 2 rings (SSSR count). The molecule has 0 fully saturated rings. The highest BCUT2D eigenvalue weighted by Gasteiger charge is 2.25. The molecule has 0 radical (unpaired) electrons. The molecule has 0 saturated carbocycles. The molecule has 1 aromatic heterocycles. The fraction of sp³-hybridized carbons (Fsp3) is 0.500. The molecule has 2 heterocycles. The predicted molar refractivity (Wildman–Crippen MR) is 67.5 cm³/mol. The van der Waals surface area contributed by atoms with E-state index >= 15 is 0 Å². The largest absolute Gasteiger partial charge is 0.477 e. The van der Waals surface area contributed by atoms with Gasteiger partial charge in [0, 0.05) is 19.4 Å². The van der Waals surface area contributed by atoms with E-state index in [9.17, 15) is 9.59 Å². The van der Waals surface area contributed by atoms with Gasteiger partial charge in [-0.25, -0.2) is 9.80 Å². The van der Waals surface area contributed by atoms with E-state index < -0.39 is 5.97 Å². The van der Waals surface area contributed by atoms with E-state index in [4.69, 9.17) is 5.11 Å². The first-order chi connectivity index (χ1) is 9.01. The summed E-state index contributed by atoms with van der Waals surface area (Å²) in [6, 6.07) is 1.88. The molecule has 7 heteroatoms. The van der Waals surface area contributed by atoms with Gasteiger partial charge in [-0.15, -0.1) is 0 Å². The SMILES string of the molecule is CCn1nc(C)cc1CN1N=C(C(=O)O)CCC1=O. The van der Waals surface area contributed by atoms with Gasteiger partial charge in [-0.05, 0) is 19.9 Å². The zero-order valence-corrected chi connectivity index (χ0v) is 11.0. The number of hydrogen-bond acceptors (Lipinski definition) is 4. The summed E-state index contributed by atoms with van der Waals surface area (Å²) in [5.74, 6) is -1.23. The van der Waals surface area contributed by atoms with Crippen molar-refractivity contribution < 1.29 is 14.7 Å². The number of hydrazone groups is 1. The van der Waals surface area contributed by atoms with Gasteiger partial charge in [0.25, 0.3) is 0 Å². The normalized spacial score (nSPS) is 15.6. The maximum atomic E-state index is 11.8. The predicted octanol–water partition coefficient (Wildman–Crippen LogP) is 0.774. The average molecular weight is 264 g/mol. The summed E-state index contributed by atoms with van der Waals surface area (Å²) in [5.41, 5.74) is 1.74. The molecule has 1 N–H and O–H groups in total. The van der Waals surface area contributed by atoms with Crippen LogP contribution in [0.1, 0.15) is 31.2 Å². The number of carbonyl (C=O) groups is 2. The van der Waals surface area contributed by atoms with Crippen molar-refractivity contribution in [3.8, 4) is 0 Å². The minimum Gasteiger partial charge on any atom is -0.477 e. The molecule has 0 spiro atoms. The van der Waals surface area contributed by atoms with Crippen LogP contribution >= 0.6 is 0 Å². The summed E-state index contributed by atoms with van der Waals surface area (Å²) in [6.07, 6.45) is 0.376. The Morgan fingerprint density at radius 2 is 2.21 bits per heavy atom. The average Bonchev–Trinajstić information content (AvgIpc) is 2.72. The molecule has 0 aromatic carbocycles. The van der Waals surface area contributed by atoms with Crippen LogP contribution in [0.3, 0.4) is 0 Å². The minimum absolute atomic E-state index is 0.0267. The highest BCUT2D eigenvalue weighted by molar-refractivity contribution is 6.36. The first-order valence-electron chi connectivity index (χ1n) is 6.15. The van der Waals surface area contributed by atoms with Gasteiger partial charge in [0.2, 0.25) is 5.91 Å². The van der Waals surface area contributed by atoms with Crippen molar-refractivity contribution in [2.75, 3.05) is 0 Å². The molecule has 0 atom stereocenters. The number of aliphatic carboxylic acids is 1. The Morgan fingerprint density at radius 3 is 2.84 bits per heavy atom. The van der Waals surface area contributed by atoms with E-state index in [1.807, 2.05) is 19.9 Å². The van der Waals surface area contributed by atoms with Crippen LogP contribution < -0.4 is 0 Å². The second-order valence-electron chi connectivity index (χ2n) is 4.40. The third-order valence-corrected chi connectivity index (χ3v) is 2.95. The van der Waals surface area contributed by atoms with Gasteiger partial charge in [0.05, 0.1) is 17.9 Å². The Kier molecular flexibility index (Phi) is 3.64. The van der Waals surface area contributed by atoms with Crippen molar-refractivity contribution in [2.24, 2.45) is 5.10 Å². The fourth-order valence-corrected chi connectivity index (χ4v) is 2.03. The molecule has 0 bridgehead atoms. The second kappa shape index (κ2) is 5.21. The number of hydrogen-bond donors (Lipinski definition) is 1. The smallest absolute Gasteiger partial charge is 0.352 e. The zero-order valence-electron chi connectivity index (χ0n) is 11.0. The summed E-state index contributed by atoms with van der Waals surface area (Å²) in [4.78, 5) is 22.7. The molecule has 1 aromatic rings. The Bertz CT molecular complexity index is 547. The minimum atomic E-state index is -1.07. The lowest BCUT2D eigenvalue weighted by Crippen LogP contribution is -2.34. The summed E-state index contributed by atoms with van der Waals surface area (Å²) < 4.78 is 1.78. The van der Waals surface area contributed by atoms with Crippen LogP contribution in [0.4, 0.5) is 0 Å². The van der Waals surface area contributed by atoms with E-state index in [1.165, 1.54) is 5.01 Å². The Morgan fingerprint density at radius 1 is 1.47 bits per heavy atom. The maximum absolute atomic E-state index is 11.8. The van der Waals surface area contributed by atoms with E-state index in [0.717, 1.165) is 11.4 Å². The maximum Gasteiger partial charge on any atom is 0.352 e. The van der Waals surface area contributed by atoms with Crippen LogP contribution in [-0.2, 0) is 22.7 Å². The Hall–Kier alpha value is -2.18. The Balaban J connectivity index is 2.23. The zero-order chi connectivity index (χ0) is 14.0. The van der Waals surface area contributed by atoms with Crippen LogP contribution in [-0.4, -0.2) is 37.5 Å². The monoisotopic (exact) mass is 264 g/mol.